The van der Waals surface area contributed by atoms with Crippen LogP contribution in [0.4, 0.5) is 22.7 Å². The molecule has 0 aliphatic carbocycles. The molecule has 0 fully saturated rings. The summed E-state index contributed by atoms with van der Waals surface area (Å²) >= 11 is 3.83. The molecule has 2 nitrogen and oxygen atoms in total. The quantitative estimate of drug-likeness (QED) is 0.201. The van der Waals surface area contributed by atoms with Gasteiger partial charge in [0.2, 0.25) is 0 Å². The van der Waals surface area contributed by atoms with E-state index in [0.717, 1.165) is 33.9 Å². The molecule has 4 heteroatoms. The first-order valence-corrected chi connectivity index (χ1v) is 13.0. The number of anilines is 4. The van der Waals surface area contributed by atoms with Crippen molar-refractivity contribution in [1.29, 1.82) is 0 Å². The monoisotopic (exact) mass is 608 g/mol. The van der Waals surface area contributed by atoms with Gasteiger partial charge in [0.15, 0.2) is 0 Å². The fraction of sp³-hybridized carbons (Fsp3) is 0.0667. The molecule has 4 rings (SSSR count). The molecule has 0 amide bonds. The molecule has 0 unspecified atom stereocenters. The van der Waals surface area contributed by atoms with Gasteiger partial charge in [0.25, 0.3) is 0 Å². The molecule has 0 aromatic heterocycles. The van der Waals surface area contributed by atoms with Gasteiger partial charge in [-0.05, 0) is 0 Å². The van der Waals surface area contributed by atoms with Crippen LogP contribution in [0.5, 0.6) is 0 Å². The van der Waals surface area contributed by atoms with Crippen LogP contribution in [-0.2, 0) is 38.3 Å². The van der Waals surface area contributed by atoms with Crippen molar-refractivity contribution in [2.24, 2.45) is 0 Å². The van der Waals surface area contributed by atoms with E-state index in [4.69, 9.17) is 0 Å². The topological polar surface area (TPSA) is 6.48 Å². The van der Waals surface area contributed by atoms with E-state index >= 15 is 0 Å². The Kier molecular flexibility index (Phi) is 8.98. The number of rotatable bonds is 8. The molecule has 0 saturated carbocycles. The Morgan fingerprint density at radius 3 is 0.882 bits per heavy atom. The second kappa shape index (κ2) is 12.6. The number of benzene rings is 4. The van der Waals surface area contributed by atoms with E-state index in [1.54, 1.807) is 0 Å². The Morgan fingerprint density at radius 1 is 0.441 bits per heavy atom. The molecule has 4 aromatic carbocycles. The van der Waals surface area contributed by atoms with E-state index in [1.165, 1.54) is 0 Å². The Morgan fingerprint density at radius 2 is 0.676 bits per heavy atom. The van der Waals surface area contributed by atoms with Crippen LogP contribution in [0, 0.1) is 8.40 Å². The fourth-order valence-corrected chi connectivity index (χ4v) is 4.71. The zero-order valence-corrected chi connectivity index (χ0v) is 22.7. The van der Waals surface area contributed by atoms with Crippen LogP contribution in [0.3, 0.4) is 0 Å². The third-order valence-corrected chi connectivity index (χ3v) is 6.73. The molecule has 0 atom stereocenters. The van der Waals surface area contributed by atoms with Crippen LogP contribution in [0.2, 0.25) is 0 Å². The van der Waals surface area contributed by atoms with Gasteiger partial charge in [-0.25, -0.2) is 0 Å². The van der Waals surface area contributed by atoms with Gasteiger partial charge in [-0.1, -0.05) is 0 Å². The first-order valence-electron chi connectivity index (χ1n) is 11.0. The van der Waals surface area contributed by atoms with E-state index in [9.17, 15) is 0 Å². The fourth-order valence-electron chi connectivity index (χ4n) is 3.79. The van der Waals surface area contributed by atoms with E-state index in [2.05, 4.69) is 140 Å². The van der Waals surface area contributed by atoms with Crippen molar-refractivity contribution < 1.29 is 38.3 Å². The molecule has 4 aromatic rings. The van der Waals surface area contributed by atoms with Crippen LogP contribution in [0.25, 0.3) is 0 Å². The summed E-state index contributed by atoms with van der Waals surface area (Å²) in [5, 5.41) is 0. The summed E-state index contributed by atoms with van der Waals surface area (Å²) in [7, 11) is 0. The Labute approximate surface area is 223 Å². The van der Waals surface area contributed by atoms with Crippen LogP contribution in [-0.4, -0.2) is 13.1 Å². The van der Waals surface area contributed by atoms with Crippen LogP contribution in [0.1, 0.15) is 0 Å². The normalized spacial score (nSPS) is 11.0. The van der Waals surface area contributed by atoms with Gasteiger partial charge in [0.05, 0.1) is 0 Å². The Hall–Kier alpha value is -2.84. The standard InChI is InChI=1S/C30H24N2.2Mo/c1-25(23-31(27-15-7-3-8-16-27)28-17-9-4-10-18-28)26(2)24-32(29-19-11-5-12-20-29)30-21-13-6-14-22-30;;/h3-22H,23-24H2;;/b26-25+;;. The van der Waals surface area contributed by atoms with Crippen molar-refractivity contribution in [3.63, 3.8) is 0 Å². The van der Waals surface area contributed by atoms with Crippen molar-refractivity contribution in [2.75, 3.05) is 22.9 Å². The summed E-state index contributed by atoms with van der Waals surface area (Å²) in [5.41, 5.74) is 6.90. The number of hydrogen-bond donors (Lipinski definition) is 0. The second-order valence-electron chi connectivity index (χ2n) is 7.68. The molecule has 0 aliphatic heterocycles. The van der Waals surface area contributed by atoms with Crippen molar-refractivity contribution in [3.8, 4) is 8.40 Å². The molecule has 0 heterocycles. The van der Waals surface area contributed by atoms with Crippen molar-refractivity contribution >= 4 is 22.7 Å². The first-order chi connectivity index (χ1) is 16.8. The molecule has 0 N–H and O–H groups in total. The average molecular weight is 604 g/mol. The van der Waals surface area contributed by atoms with E-state index < -0.39 is 0 Å². The van der Waals surface area contributed by atoms with Crippen molar-refractivity contribution in [2.45, 2.75) is 0 Å². The van der Waals surface area contributed by atoms with Gasteiger partial charge in [0.1, 0.15) is 0 Å². The van der Waals surface area contributed by atoms with Gasteiger partial charge < -0.3 is 0 Å². The Balaban J connectivity index is 1.73. The van der Waals surface area contributed by atoms with Gasteiger partial charge >= 0.3 is 225 Å². The summed E-state index contributed by atoms with van der Waals surface area (Å²) in [4.78, 5) is 4.67. The molecule has 34 heavy (non-hydrogen) atoms. The van der Waals surface area contributed by atoms with E-state index in [-0.39, 0.29) is 0 Å². The van der Waals surface area contributed by atoms with Crippen LogP contribution >= 0.6 is 0 Å². The molecule has 0 bridgehead atoms. The third-order valence-electron chi connectivity index (χ3n) is 5.51. The maximum atomic E-state index is 3.49. The van der Waals surface area contributed by atoms with Crippen molar-refractivity contribution in [3.05, 3.63) is 132 Å². The molecule has 0 spiro atoms. The summed E-state index contributed by atoms with van der Waals surface area (Å²) in [6, 6.07) is 42.1. The molecular weight excluding hydrogens is 580 g/mol. The van der Waals surface area contributed by atoms with Gasteiger partial charge in [-0.15, -0.1) is 0 Å². The minimum atomic E-state index is 0.711. The summed E-state index contributed by atoms with van der Waals surface area (Å²) in [6.45, 7) is 1.42. The number of hydrogen-bond acceptors (Lipinski definition) is 2. The average Bonchev–Trinajstić information content (AvgIpc) is 2.92. The third kappa shape index (κ3) is 6.18. The molecular formula is C30H24Mo2N2. The molecule has 166 valence electrons. The second-order valence-corrected chi connectivity index (χ2v) is 8.68. The SMILES string of the molecule is [Mo]#[C]/C(CN(c1ccccc1)c1ccccc1)=C(/[C]#[Mo])CN(c1ccccc1)c1ccccc1. The van der Waals surface area contributed by atoms with E-state index in [0.29, 0.717) is 13.1 Å². The summed E-state index contributed by atoms with van der Waals surface area (Å²) in [6.07, 6.45) is 0. The summed E-state index contributed by atoms with van der Waals surface area (Å²) in [5.74, 6) is 0. The van der Waals surface area contributed by atoms with E-state index in [1.807, 2.05) is 38.3 Å². The predicted molar refractivity (Wildman–Crippen MR) is 135 cm³/mol. The number of para-hydroxylation sites is 4. The Bertz CT molecular complexity index is 1120. The van der Waals surface area contributed by atoms with Crippen LogP contribution in [0.15, 0.2) is 132 Å². The van der Waals surface area contributed by atoms with Gasteiger partial charge in [-0.3, -0.25) is 0 Å². The predicted octanol–water partition coefficient (Wildman–Crippen LogP) is 6.97. The minimum absolute atomic E-state index is 0.711. The van der Waals surface area contributed by atoms with Crippen LogP contribution < -0.4 is 9.80 Å². The number of nitrogens with zero attached hydrogens (tertiary/aromatic N) is 2. The first kappa shape index (κ1) is 24.3. The van der Waals surface area contributed by atoms with Gasteiger partial charge in [0, 0.05) is 0 Å². The zero-order chi connectivity index (χ0) is 23.6. The van der Waals surface area contributed by atoms with Gasteiger partial charge in [-0.2, -0.15) is 0 Å². The summed E-state index contributed by atoms with van der Waals surface area (Å²) < 4.78 is 6.98. The molecule has 0 saturated heterocycles. The molecule has 0 radical (unpaired) electrons. The maximum absolute atomic E-state index is 3.49. The van der Waals surface area contributed by atoms with Crippen molar-refractivity contribution in [1.82, 2.24) is 0 Å². The molecule has 0 aliphatic rings. The zero-order valence-electron chi connectivity index (χ0n) is 18.7.